The Kier molecular flexibility index (Phi) is 2.72. The molecule has 0 saturated carbocycles. The first-order valence-electron chi connectivity index (χ1n) is 1.26. The molecule has 0 aliphatic heterocycles. The van der Waals surface area contributed by atoms with Crippen LogP contribution in [0.3, 0.4) is 0 Å². The van der Waals surface area contributed by atoms with Gasteiger partial charge >= 0.3 is 48.8 Å². The van der Waals surface area contributed by atoms with E-state index in [1.807, 2.05) is 0 Å². The molecule has 0 aromatic carbocycles. The summed E-state index contributed by atoms with van der Waals surface area (Å²) in [4.78, 5) is 19.0. The first-order chi connectivity index (χ1) is 3.13. The van der Waals surface area contributed by atoms with Crippen molar-refractivity contribution in [3.63, 3.8) is 0 Å². The fourth-order valence-corrected chi connectivity index (χ4v) is 0.501. The minimum atomic E-state index is -1.82. The van der Waals surface area contributed by atoms with Crippen molar-refractivity contribution in [1.29, 1.82) is 0 Å². The third-order valence-corrected chi connectivity index (χ3v) is 1.17. The number of carbonyl (C=O) groups is 2. The Morgan fingerprint density at radius 2 is 1.43 bits per heavy atom. The molecule has 5 heteroatoms. The van der Waals surface area contributed by atoms with Crippen molar-refractivity contribution in [3.05, 3.63) is 0 Å². The van der Waals surface area contributed by atoms with Gasteiger partial charge in [0.2, 0.25) is 0 Å². The Morgan fingerprint density at radius 3 is 1.43 bits per heavy atom. The van der Waals surface area contributed by atoms with Crippen LogP contribution in [0.4, 0.5) is 9.59 Å². The quantitative estimate of drug-likeness (QED) is 0.641. The van der Waals surface area contributed by atoms with E-state index in [1.165, 1.54) is 0 Å². The molecule has 0 heterocycles. The van der Waals surface area contributed by atoms with Crippen molar-refractivity contribution in [3.8, 4) is 0 Å². The number of rotatable bonds is 2. The molecule has 0 aliphatic rings. The van der Waals surface area contributed by atoms with E-state index in [2.05, 4.69) is 0 Å². The summed E-state index contributed by atoms with van der Waals surface area (Å²) in [6.45, 7) is 0. The van der Waals surface area contributed by atoms with Crippen molar-refractivity contribution in [2.45, 2.75) is 0 Å². The van der Waals surface area contributed by atoms with Gasteiger partial charge in [0.15, 0.2) is 0 Å². The van der Waals surface area contributed by atoms with E-state index in [0.717, 1.165) is 0 Å². The molecular formula is C2H2O4Te. The fourth-order valence-electron chi connectivity index (χ4n) is 0.0747. The van der Waals surface area contributed by atoms with Gasteiger partial charge in [-0.1, -0.05) is 0 Å². The first-order valence-corrected chi connectivity index (χ1v) is 3.59. The predicted molar refractivity (Wildman–Crippen MR) is 21.8 cm³/mol. The summed E-state index contributed by atoms with van der Waals surface area (Å²) in [5, 5.41) is 15.5. The zero-order chi connectivity index (χ0) is 5.86. The molecule has 0 radical (unpaired) electrons. The van der Waals surface area contributed by atoms with E-state index in [1.54, 1.807) is 0 Å². The molecule has 4 nitrogen and oxygen atoms in total. The van der Waals surface area contributed by atoms with Crippen LogP contribution in [0.25, 0.3) is 0 Å². The van der Waals surface area contributed by atoms with E-state index >= 15 is 0 Å². The molecule has 0 spiro atoms. The van der Waals surface area contributed by atoms with Gasteiger partial charge in [0.1, 0.15) is 0 Å². The van der Waals surface area contributed by atoms with Crippen LogP contribution < -0.4 is 0 Å². The van der Waals surface area contributed by atoms with Gasteiger partial charge in [0, 0.05) is 0 Å². The summed E-state index contributed by atoms with van der Waals surface area (Å²) in [6, 6.07) is 0. The number of hydrogen-bond acceptors (Lipinski definition) is 2. The third-order valence-electron chi connectivity index (χ3n) is 0.175. The van der Waals surface area contributed by atoms with Crippen LogP contribution in [0, 0.1) is 0 Å². The van der Waals surface area contributed by atoms with Gasteiger partial charge in [-0.3, -0.25) is 0 Å². The van der Waals surface area contributed by atoms with E-state index in [9.17, 15) is 9.59 Å². The Bertz CT molecular complexity index is 85.9. The van der Waals surface area contributed by atoms with E-state index in [0.29, 0.717) is 0 Å². The van der Waals surface area contributed by atoms with Gasteiger partial charge in [-0.25, -0.2) is 0 Å². The molecule has 7 heavy (non-hydrogen) atoms. The van der Waals surface area contributed by atoms with E-state index in [4.69, 9.17) is 10.2 Å². The summed E-state index contributed by atoms with van der Waals surface area (Å²) in [7, 11) is 0. The maximum absolute atomic E-state index is 9.49. The van der Waals surface area contributed by atoms with Crippen molar-refractivity contribution in [1.82, 2.24) is 0 Å². The minimum absolute atomic E-state index is 1.18. The second-order valence-electron chi connectivity index (χ2n) is 0.634. The molecule has 0 amide bonds. The van der Waals surface area contributed by atoms with Crippen molar-refractivity contribution in [2.24, 2.45) is 0 Å². The Balaban J connectivity index is 3.32. The summed E-state index contributed by atoms with van der Waals surface area (Å²) in [5.41, 5.74) is 0. The van der Waals surface area contributed by atoms with Crippen LogP contribution in [0.15, 0.2) is 0 Å². The monoisotopic (exact) mass is 220 g/mol. The van der Waals surface area contributed by atoms with Crippen LogP contribution in [0.5, 0.6) is 0 Å². The van der Waals surface area contributed by atoms with E-state index in [-0.39, 0.29) is 0 Å². The molecule has 0 aromatic rings. The maximum atomic E-state index is 9.49. The molecule has 0 bridgehead atoms. The molecule has 0 aromatic heterocycles. The molecule has 0 fully saturated rings. The molecule has 0 aliphatic carbocycles. The average Bonchev–Trinajstić information content (AvgIpc) is 1.27. The van der Waals surface area contributed by atoms with Crippen LogP contribution >= 0.6 is 0 Å². The van der Waals surface area contributed by atoms with Gasteiger partial charge in [-0.05, 0) is 0 Å². The van der Waals surface area contributed by atoms with Gasteiger partial charge in [0.05, 0.1) is 0 Å². The molecule has 0 saturated heterocycles. The van der Waals surface area contributed by atoms with Gasteiger partial charge in [-0.15, -0.1) is 0 Å². The number of carboxylic acid groups (broad SMARTS) is 2. The molecule has 40 valence electrons. The third kappa shape index (κ3) is 5.73. The number of hydrogen-bond donors (Lipinski definition) is 2. The molecule has 0 rings (SSSR count). The summed E-state index contributed by atoms with van der Waals surface area (Å²) in [5.74, 6) is 0. The zero-order valence-corrected chi connectivity index (χ0v) is 5.45. The predicted octanol–water partition coefficient (Wildman–Crippen LogP) is 0.0466. The van der Waals surface area contributed by atoms with Crippen molar-refractivity contribution in [2.75, 3.05) is 0 Å². The van der Waals surface area contributed by atoms with Crippen LogP contribution in [-0.2, 0) is 0 Å². The topological polar surface area (TPSA) is 74.6 Å². The van der Waals surface area contributed by atoms with Gasteiger partial charge < -0.3 is 0 Å². The van der Waals surface area contributed by atoms with Gasteiger partial charge in [-0.2, -0.15) is 0 Å². The van der Waals surface area contributed by atoms with Crippen LogP contribution in [-0.4, -0.2) is 39.2 Å². The normalized spacial score (nSPS) is 8.00. The summed E-state index contributed by atoms with van der Waals surface area (Å²) in [6.07, 6.45) is 0. The molecule has 2 N–H and O–H groups in total. The molecule has 0 unspecified atom stereocenters. The van der Waals surface area contributed by atoms with E-state index < -0.39 is 29.0 Å². The second-order valence-corrected chi connectivity index (χ2v) is 3.21. The Labute approximate surface area is 49.2 Å². The zero-order valence-electron chi connectivity index (χ0n) is 3.12. The second kappa shape index (κ2) is 2.83. The van der Waals surface area contributed by atoms with Crippen LogP contribution in [0.2, 0.25) is 0 Å². The first kappa shape index (κ1) is 6.73. The molecular weight excluding hydrogens is 216 g/mol. The fraction of sp³-hybridized carbons (Fsp3) is 0. The molecule has 0 atom stereocenters. The Morgan fingerprint density at radius 1 is 1.14 bits per heavy atom. The Hall–Kier alpha value is -0.270. The van der Waals surface area contributed by atoms with Crippen LogP contribution in [0.1, 0.15) is 0 Å². The van der Waals surface area contributed by atoms with Gasteiger partial charge in [0.25, 0.3) is 0 Å². The standard InChI is InChI=1S/C2H2O4Te/c3-1(4)7-2(5)6/h(H,3,4)(H,5,6). The average molecular weight is 218 g/mol. The van der Waals surface area contributed by atoms with Crippen molar-refractivity contribution >= 4 is 29.0 Å². The van der Waals surface area contributed by atoms with Crippen molar-refractivity contribution < 1.29 is 19.8 Å². The summed E-state index contributed by atoms with van der Waals surface area (Å²) < 4.78 is -2.36. The summed E-state index contributed by atoms with van der Waals surface area (Å²) >= 11 is -1.82. The SMILES string of the molecule is O=C(O)[Te]C(=O)O.